The summed E-state index contributed by atoms with van der Waals surface area (Å²) in [6.07, 6.45) is 5.01. The normalized spacial score (nSPS) is 23.5. The number of piperidine rings is 1. The van der Waals surface area contributed by atoms with Crippen LogP contribution in [-0.4, -0.2) is 42.4 Å². The number of halogens is 2. The van der Waals surface area contributed by atoms with Crippen molar-refractivity contribution in [2.24, 2.45) is 11.8 Å². The average molecular weight is 754 g/mol. The quantitative estimate of drug-likeness (QED) is 0.122. The number of fused-ring (bicyclic) bond motifs is 1. The van der Waals surface area contributed by atoms with Crippen LogP contribution in [0.1, 0.15) is 73.2 Å². The predicted molar refractivity (Wildman–Crippen MR) is 205 cm³/mol. The van der Waals surface area contributed by atoms with Crippen molar-refractivity contribution in [3.8, 4) is 5.75 Å². The number of phenols is 1. The topological polar surface area (TPSA) is 113 Å². The van der Waals surface area contributed by atoms with Crippen molar-refractivity contribution in [2.45, 2.75) is 36.8 Å². The fourth-order valence-electron chi connectivity index (χ4n) is 8.68. The number of aromatic nitrogens is 3. The number of pyridine rings is 3. The Morgan fingerprint density at radius 1 is 0.741 bits per heavy atom. The van der Waals surface area contributed by atoms with Crippen molar-refractivity contribution in [3.63, 3.8) is 0 Å². The number of rotatable bonds is 8. The Morgan fingerprint density at radius 3 is 1.98 bits per heavy atom. The number of hydrogen-bond donors (Lipinski definition) is 1. The van der Waals surface area contributed by atoms with E-state index < -0.39 is 46.9 Å². The molecule has 2 aliphatic rings. The fourth-order valence-corrected chi connectivity index (χ4v) is 8.93. The molecule has 2 saturated heterocycles. The number of nitrogens with zero attached hydrogens (tertiary/aromatic N) is 4. The molecular formula is C44H34Cl2N4O4. The zero-order valence-electron chi connectivity index (χ0n) is 29.1. The lowest BCUT2D eigenvalue weighted by molar-refractivity contribution is -0.149. The molecule has 8 nitrogen and oxygen atoms in total. The van der Waals surface area contributed by atoms with Gasteiger partial charge in [-0.3, -0.25) is 29.3 Å². The molecule has 54 heavy (non-hydrogen) atoms. The number of aromatic hydroxyl groups is 1. The lowest BCUT2D eigenvalue weighted by Gasteiger charge is -2.51. The number of phenolic OH excluding ortho intramolecular Hbond substituents is 1. The first-order chi connectivity index (χ1) is 26.2. The van der Waals surface area contributed by atoms with Crippen LogP contribution in [0.4, 0.5) is 0 Å². The Kier molecular flexibility index (Phi) is 9.34. The van der Waals surface area contributed by atoms with Gasteiger partial charge in [0.05, 0.1) is 34.4 Å². The zero-order chi connectivity index (χ0) is 37.6. The Morgan fingerprint density at radius 2 is 1.37 bits per heavy atom. The van der Waals surface area contributed by atoms with Gasteiger partial charge in [-0.1, -0.05) is 77.3 Å². The van der Waals surface area contributed by atoms with E-state index in [9.17, 15) is 9.90 Å². The van der Waals surface area contributed by atoms with Gasteiger partial charge in [0, 0.05) is 40.5 Å². The van der Waals surface area contributed by atoms with Crippen molar-refractivity contribution in [1.82, 2.24) is 19.9 Å². The highest BCUT2D eigenvalue weighted by Crippen LogP contribution is 2.65. The van der Waals surface area contributed by atoms with Gasteiger partial charge in [0.1, 0.15) is 17.4 Å². The molecule has 5 heterocycles. The second-order valence-corrected chi connectivity index (χ2v) is 14.8. The Labute approximate surface area is 322 Å². The van der Waals surface area contributed by atoms with E-state index in [4.69, 9.17) is 33.2 Å². The number of aryl methyl sites for hydroxylation is 1. The van der Waals surface area contributed by atoms with Gasteiger partial charge < -0.3 is 10.0 Å². The highest BCUT2D eigenvalue weighted by molar-refractivity contribution is 6.30. The lowest BCUT2D eigenvalue weighted by atomic mass is 9.62. The molecule has 0 unspecified atom stereocenters. The van der Waals surface area contributed by atoms with Crippen LogP contribution < -0.4 is 0 Å². The van der Waals surface area contributed by atoms with Gasteiger partial charge in [-0.25, -0.2) is 0 Å². The number of ketones is 2. The molecule has 2 fully saturated rings. The SMILES string of the molecule is Cc1ccc(O)c(C(=O)[C@H]2C(=O)N3[C@H](c4ccccn4)[C@@H](c4ccc(Cl)cc4)[C@H](C(=O)c4ccccn4)[C@@]3(c3ccccn3)C[C@@H]2c2ccc(Cl)cc2)c1. The third-order valence-electron chi connectivity index (χ3n) is 10.9. The monoisotopic (exact) mass is 752 g/mol. The van der Waals surface area contributed by atoms with Crippen molar-refractivity contribution in [3.05, 3.63) is 189 Å². The van der Waals surface area contributed by atoms with E-state index in [-0.39, 0.29) is 29.2 Å². The summed E-state index contributed by atoms with van der Waals surface area (Å²) in [6.45, 7) is 1.82. The van der Waals surface area contributed by atoms with Gasteiger partial charge in [-0.15, -0.1) is 0 Å². The Balaban J connectivity index is 1.47. The third-order valence-corrected chi connectivity index (χ3v) is 11.4. The van der Waals surface area contributed by atoms with Gasteiger partial charge >= 0.3 is 0 Å². The van der Waals surface area contributed by atoms with E-state index in [1.807, 2.05) is 55.5 Å². The largest absolute Gasteiger partial charge is 0.507 e. The highest BCUT2D eigenvalue weighted by Gasteiger charge is 2.69. The maximum atomic E-state index is 16.0. The minimum absolute atomic E-state index is 0.0431. The zero-order valence-corrected chi connectivity index (χ0v) is 30.6. The number of carbonyl (C=O) groups excluding carboxylic acids is 3. The van der Waals surface area contributed by atoms with E-state index in [2.05, 4.69) is 4.98 Å². The van der Waals surface area contributed by atoms with Crippen molar-refractivity contribution >= 4 is 40.7 Å². The molecular weight excluding hydrogens is 719 g/mol. The first-order valence-electron chi connectivity index (χ1n) is 17.6. The van der Waals surface area contributed by atoms with Gasteiger partial charge in [-0.2, -0.15) is 0 Å². The van der Waals surface area contributed by atoms with Gasteiger partial charge in [-0.05, 0) is 97.3 Å². The van der Waals surface area contributed by atoms with Crippen molar-refractivity contribution in [2.75, 3.05) is 0 Å². The van der Waals surface area contributed by atoms with E-state index in [1.54, 1.807) is 90.2 Å². The summed E-state index contributed by atoms with van der Waals surface area (Å²) >= 11 is 12.8. The fraction of sp³-hybridized carbons (Fsp3) is 0.182. The maximum Gasteiger partial charge on any atom is 0.235 e. The summed E-state index contributed by atoms with van der Waals surface area (Å²) in [5.74, 6) is -5.26. The van der Waals surface area contributed by atoms with Crippen LogP contribution in [0.25, 0.3) is 0 Å². The summed E-state index contributed by atoms with van der Waals surface area (Å²) in [5.41, 5.74) is 2.07. The maximum absolute atomic E-state index is 16.0. The first-order valence-corrected chi connectivity index (χ1v) is 18.4. The molecule has 2 aliphatic heterocycles. The number of carbonyl (C=O) groups is 3. The van der Waals surface area contributed by atoms with Crippen LogP contribution in [0.5, 0.6) is 5.75 Å². The molecule has 10 heteroatoms. The summed E-state index contributed by atoms with van der Waals surface area (Å²) in [6, 6.07) is 34.4. The molecule has 0 spiro atoms. The van der Waals surface area contributed by atoms with Gasteiger partial charge in [0.15, 0.2) is 11.6 Å². The average Bonchev–Trinajstić information content (AvgIpc) is 3.52. The first kappa shape index (κ1) is 35.3. The van der Waals surface area contributed by atoms with E-state index in [0.29, 0.717) is 27.0 Å². The molecule has 0 saturated carbocycles. The van der Waals surface area contributed by atoms with Crippen molar-refractivity contribution < 1.29 is 19.5 Å². The number of hydrogen-bond acceptors (Lipinski definition) is 7. The summed E-state index contributed by atoms with van der Waals surface area (Å²) in [5, 5.41) is 12.1. The smallest absolute Gasteiger partial charge is 0.235 e. The van der Waals surface area contributed by atoms with Crippen LogP contribution in [0, 0.1) is 18.8 Å². The summed E-state index contributed by atoms with van der Waals surface area (Å²) in [7, 11) is 0. The van der Waals surface area contributed by atoms with E-state index in [0.717, 1.165) is 11.1 Å². The number of Topliss-reactive ketones (excluding diaryl/α,β-unsaturated/α-hetero) is 2. The van der Waals surface area contributed by atoms with E-state index >= 15 is 9.59 Å². The van der Waals surface area contributed by atoms with Crippen LogP contribution in [0.2, 0.25) is 10.0 Å². The summed E-state index contributed by atoms with van der Waals surface area (Å²) < 4.78 is 0. The molecule has 0 aliphatic carbocycles. The van der Waals surface area contributed by atoms with Crippen LogP contribution in [-0.2, 0) is 10.3 Å². The molecule has 1 amide bonds. The van der Waals surface area contributed by atoms with Crippen molar-refractivity contribution in [1.29, 1.82) is 0 Å². The van der Waals surface area contributed by atoms with Gasteiger partial charge in [0.2, 0.25) is 5.91 Å². The van der Waals surface area contributed by atoms with Crippen LogP contribution in [0.15, 0.2) is 140 Å². The second kappa shape index (κ2) is 14.3. The third kappa shape index (κ3) is 5.96. The minimum atomic E-state index is -1.42. The molecule has 268 valence electrons. The van der Waals surface area contributed by atoms with Crippen LogP contribution in [0.3, 0.4) is 0 Å². The molecule has 8 rings (SSSR count). The molecule has 0 radical (unpaired) electrons. The predicted octanol–water partition coefficient (Wildman–Crippen LogP) is 8.94. The molecule has 6 atom stereocenters. The Hall–Kier alpha value is -5.70. The number of amides is 1. The van der Waals surface area contributed by atoms with E-state index in [1.165, 1.54) is 6.07 Å². The molecule has 6 aromatic rings. The molecule has 3 aromatic heterocycles. The number of benzene rings is 3. The summed E-state index contributed by atoms with van der Waals surface area (Å²) in [4.78, 5) is 62.3. The minimum Gasteiger partial charge on any atom is -0.507 e. The standard InChI is InChI=1S/C44H34Cl2N4O4/c1-26-11-20-35(51)31(24-26)41(52)38-32(27-12-16-29(45)17-13-27)25-44(36-10-4-7-23-49-36)39(42(53)34-9-3-6-22-48-34)37(28-14-18-30(46)19-15-28)40(50(44)43(38)54)33-8-2-5-21-47-33/h2-24,32,37-40,51H,25H2,1H3/t32-,37+,38+,39-,40-,44+/m1/s1. The van der Waals surface area contributed by atoms with Crippen LogP contribution >= 0.6 is 23.2 Å². The molecule has 3 aromatic carbocycles. The molecule has 0 bridgehead atoms. The molecule has 1 N–H and O–H groups in total. The Bertz CT molecular complexity index is 2350. The second-order valence-electron chi connectivity index (χ2n) is 13.9. The lowest BCUT2D eigenvalue weighted by Crippen LogP contribution is -2.59. The van der Waals surface area contributed by atoms with Gasteiger partial charge in [0.25, 0.3) is 0 Å². The highest BCUT2D eigenvalue weighted by atomic mass is 35.5.